The van der Waals surface area contributed by atoms with Crippen molar-refractivity contribution in [3.05, 3.63) is 35.6 Å². The predicted octanol–water partition coefficient (Wildman–Crippen LogP) is 2.37. The van der Waals surface area contributed by atoms with Gasteiger partial charge in [-0.2, -0.15) is 0 Å². The number of benzene rings is 1. The normalized spacial score (nSPS) is 28.5. The van der Waals surface area contributed by atoms with E-state index in [1.807, 2.05) is 11.8 Å². The van der Waals surface area contributed by atoms with Crippen molar-refractivity contribution in [3.8, 4) is 0 Å². The van der Waals surface area contributed by atoms with E-state index < -0.39 is 11.4 Å². The first-order chi connectivity index (χ1) is 8.43. The van der Waals surface area contributed by atoms with E-state index in [1.165, 1.54) is 6.07 Å². The van der Waals surface area contributed by atoms with Crippen LogP contribution in [0.4, 0.5) is 4.39 Å². The molecule has 3 nitrogen and oxygen atoms in total. The predicted molar refractivity (Wildman–Crippen MR) is 66.6 cm³/mol. The number of rotatable bonds is 3. The standard InChI is InChI=1S/C14H18FNO2/c1-10-7-16(9-14(10,2)13(17)18)8-11-5-3-4-6-12(11)15/h3-6,10H,7-9H2,1-2H3,(H,17,18)/t10-,14-/m1/s1. The molecular formula is C14H18FNO2. The number of carboxylic acids is 1. The van der Waals surface area contributed by atoms with E-state index in [9.17, 15) is 14.3 Å². The van der Waals surface area contributed by atoms with E-state index >= 15 is 0 Å². The maximum atomic E-state index is 13.5. The number of hydrogen-bond acceptors (Lipinski definition) is 2. The van der Waals surface area contributed by atoms with Crippen LogP contribution in [0.25, 0.3) is 0 Å². The molecule has 0 aromatic heterocycles. The number of carboxylic acid groups (broad SMARTS) is 1. The first-order valence-corrected chi connectivity index (χ1v) is 6.12. The molecule has 98 valence electrons. The second kappa shape index (κ2) is 4.69. The van der Waals surface area contributed by atoms with Gasteiger partial charge >= 0.3 is 5.97 Å². The molecule has 2 atom stereocenters. The van der Waals surface area contributed by atoms with Gasteiger partial charge in [0.1, 0.15) is 5.82 Å². The monoisotopic (exact) mass is 251 g/mol. The van der Waals surface area contributed by atoms with Crippen LogP contribution in [0.1, 0.15) is 19.4 Å². The molecule has 1 heterocycles. The van der Waals surface area contributed by atoms with Crippen LogP contribution in [0.15, 0.2) is 24.3 Å². The van der Waals surface area contributed by atoms with Gasteiger partial charge in [0.25, 0.3) is 0 Å². The van der Waals surface area contributed by atoms with Crippen LogP contribution in [0.3, 0.4) is 0 Å². The molecule has 0 saturated carbocycles. The summed E-state index contributed by atoms with van der Waals surface area (Å²) in [6.07, 6.45) is 0. The van der Waals surface area contributed by atoms with Crippen LogP contribution < -0.4 is 0 Å². The molecule has 1 aromatic rings. The van der Waals surface area contributed by atoms with Gasteiger partial charge in [0, 0.05) is 25.2 Å². The molecule has 2 rings (SSSR count). The van der Waals surface area contributed by atoms with Gasteiger partial charge in [-0.25, -0.2) is 4.39 Å². The van der Waals surface area contributed by atoms with Crippen LogP contribution in [-0.2, 0) is 11.3 Å². The Morgan fingerprint density at radius 2 is 2.22 bits per heavy atom. The van der Waals surface area contributed by atoms with Crippen molar-refractivity contribution in [2.75, 3.05) is 13.1 Å². The number of aliphatic carboxylic acids is 1. The highest BCUT2D eigenvalue weighted by Gasteiger charge is 2.46. The third-order valence-electron chi connectivity index (χ3n) is 4.01. The van der Waals surface area contributed by atoms with Crippen LogP contribution in [-0.4, -0.2) is 29.1 Å². The molecule has 1 N–H and O–H groups in total. The van der Waals surface area contributed by atoms with Gasteiger partial charge in [-0.05, 0) is 18.9 Å². The fourth-order valence-electron chi connectivity index (χ4n) is 2.54. The summed E-state index contributed by atoms with van der Waals surface area (Å²) in [5.41, 5.74) is -0.107. The minimum atomic E-state index is -0.772. The Morgan fingerprint density at radius 1 is 1.56 bits per heavy atom. The molecule has 0 bridgehead atoms. The fourth-order valence-corrected chi connectivity index (χ4v) is 2.54. The average Bonchev–Trinajstić information content (AvgIpc) is 2.59. The van der Waals surface area contributed by atoms with Crippen molar-refractivity contribution in [2.45, 2.75) is 20.4 Å². The molecule has 0 unspecified atom stereocenters. The lowest BCUT2D eigenvalue weighted by molar-refractivity contribution is -0.149. The summed E-state index contributed by atoms with van der Waals surface area (Å²) in [6, 6.07) is 6.64. The van der Waals surface area contributed by atoms with Gasteiger partial charge in [-0.3, -0.25) is 9.69 Å². The molecule has 0 aliphatic carbocycles. The zero-order valence-electron chi connectivity index (χ0n) is 10.7. The smallest absolute Gasteiger partial charge is 0.310 e. The molecule has 1 fully saturated rings. The van der Waals surface area contributed by atoms with Crippen LogP contribution in [0, 0.1) is 17.2 Å². The molecule has 0 radical (unpaired) electrons. The molecule has 4 heteroatoms. The summed E-state index contributed by atoms with van der Waals surface area (Å²) in [5.74, 6) is -0.929. The summed E-state index contributed by atoms with van der Waals surface area (Å²) >= 11 is 0. The van der Waals surface area contributed by atoms with Gasteiger partial charge in [-0.1, -0.05) is 25.1 Å². The molecule has 1 aliphatic rings. The summed E-state index contributed by atoms with van der Waals surface area (Å²) in [6.45, 7) is 5.34. The Morgan fingerprint density at radius 3 is 2.78 bits per heavy atom. The highest BCUT2D eigenvalue weighted by Crippen LogP contribution is 2.36. The zero-order chi connectivity index (χ0) is 13.3. The summed E-state index contributed by atoms with van der Waals surface area (Å²) in [5, 5.41) is 9.28. The third-order valence-corrected chi connectivity index (χ3v) is 4.01. The average molecular weight is 251 g/mol. The maximum absolute atomic E-state index is 13.5. The Labute approximate surface area is 106 Å². The Hall–Kier alpha value is -1.42. The first kappa shape index (κ1) is 13.0. The highest BCUT2D eigenvalue weighted by atomic mass is 19.1. The third kappa shape index (κ3) is 2.25. The molecule has 1 aromatic carbocycles. The van der Waals surface area contributed by atoms with Crippen molar-refractivity contribution in [2.24, 2.45) is 11.3 Å². The van der Waals surface area contributed by atoms with Crippen molar-refractivity contribution in [1.29, 1.82) is 0 Å². The second-order valence-electron chi connectivity index (χ2n) is 5.38. The first-order valence-electron chi connectivity index (χ1n) is 6.12. The lowest BCUT2D eigenvalue weighted by Gasteiger charge is -2.22. The number of halogens is 1. The van der Waals surface area contributed by atoms with Crippen LogP contribution >= 0.6 is 0 Å². The van der Waals surface area contributed by atoms with E-state index in [0.29, 0.717) is 25.2 Å². The lowest BCUT2D eigenvalue weighted by Crippen LogP contribution is -2.34. The lowest BCUT2D eigenvalue weighted by atomic mass is 9.81. The fraction of sp³-hybridized carbons (Fsp3) is 0.500. The summed E-state index contributed by atoms with van der Waals surface area (Å²) in [7, 11) is 0. The molecule has 18 heavy (non-hydrogen) atoms. The van der Waals surface area contributed by atoms with E-state index in [-0.39, 0.29) is 11.7 Å². The van der Waals surface area contributed by atoms with Crippen molar-refractivity contribution in [1.82, 2.24) is 4.90 Å². The SMILES string of the molecule is C[C@@H]1CN(Cc2ccccc2F)C[C@@]1(C)C(=O)O. The van der Waals surface area contributed by atoms with Gasteiger partial charge < -0.3 is 5.11 Å². The van der Waals surface area contributed by atoms with E-state index in [0.717, 1.165) is 0 Å². The second-order valence-corrected chi connectivity index (χ2v) is 5.38. The summed E-state index contributed by atoms with van der Waals surface area (Å²) in [4.78, 5) is 13.3. The van der Waals surface area contributed by atoms with E-state index in [4.69, 9.17) is 0 Å². The van der Waals surface area contributed by atoms with Crippen LogP contribution in [0.2, 0.25) is 0 Å². The molecule has 0 spiro atoms. The summed E-state index contributed by atoms with van der Waals surface area (Å²) < 4.78 is 13.5. The zero-order valence-corrected chi connectivity index (χ0v) is 10.7. The van der Waals surface area contributed by atoms with E-state index in [2.05, 4.69) is 0 Å². The van der Waals surface area contributed by atoms with Gasteiger partial charge in [-0.15, -0.1) is 0 Å². The topological polar surface area (TPSA) is 40.5 Å². The quantitative estimate of drug-likeness (QED) is 0.896. The number of carbonyl (C=O) groups is 1. The number of likely N-dealkylation sites (tertiary alicyclic amines) is 1. The van der Waals surface area contributed by atoms with Crippen molar-refractivity contribution in [3.63, 3.8) is 0 Å². The van der Waals surface area contributed by atoms with E-state index in [1.54, 1.807) is 25.1 Å². The maximum Gasteiger partial charge on any atom is 0.310 e. The largest absolute Gasteiger partial charge is 0.481 e. The van der Waals surface area contributed by atoms with Crippen LogP contribution in [0.5, 0.6) is 0 Å². The molecule has 0 amide bonds. The van der Waals surface area contributed by atoms with Crippen molar-refractivity contribution < 1.29 is 14.3 Å². The minimum absolute atomic E-state index is 0.0711. The number of nitrogens with zero attached hydrogens (tertiary/aromatic N) is 1. The molecule has 1 aliphatic heterocycles. The number of hydrogen-bond donors (Lipinski definition) is 1. The molecule has 1 saturated heterocycles. The van der Waals surface area contributed by atoms with Crippen molar-refractivity contribution >= 4 is 5.97 Å². The Balaban J connectivity index is 2.10. The highest BCUT2D eigenvalue weighted by molar-refractivity contribution is 5.75. The minimum Gasteiger partial charge on any atom is -0.481 e. The van der Waals surface area contributed by atoms with Gasteiger partial charge in [0.05, 0.1) is 5.41 Å². The van der Waals surface area contributed by atoms with Gasteiger partial charge in [0.2, 0.25) is 0 Å². The molecular weight excluding hydrogens is 233 g/mol. The van der Waals surface area contributed by atoms with Gasteiger partial charge in [0.15, 0.2) is 0 Å². The Bertz CT molecular complexity index is 463. The Kier molecular flexibility index (Phi) is 3.39.